The van der Waals surface area contributed by atoms with Crippen LogP contribution in [0.3, 0.4) is 0 Å². The van der Waals surface area contributed by atoms with Crippen molar-refractivity contribution >= 4 is 5.78 Å². The van der Waals surface area contributed by atoms with Gasteiger partial charge in [0.2, 0.25) is 0 Å². The van der Waals surface area contributed by atoms with Gasteiger partial charge in [-0.2, -0.15) is 0 Å². The lowest BCUT2D eigenvalue weighted by molar-refractivity contribution is 0.102. The predicted octanol–water partition coefficient (Wildman–Crippen LogP) is 4.26. The molecule has 0 spiro atoms. The average Bonchev–Trinajstić information content (AvgIpc) is 2.40. The van der Waals surface area contributed by atoms with Gasteiger partial charge in [-0.15, -0.1) is 0 Å². The van der Waals surface area contributed by atoms with E-state index in [-0.39, 0.29) is 11.7 Å². The van der Waals surface area contributed by atoms with Crippen molar-refractivity contribution in [1.29, 1.82) is 0 Å². The van der Waals surface area contributed by atoms with E-state index in [1.54, 1.807) is 7.11 Å². The lowest BCUT2D eigenvalue weighted by Crippen LogP contribution is -2.20. The summed E-state index contributed by atoms with van der Waals surface area (Å²) in [6.07, 6.45) is 0. The van der Waals surface area contributed by atoms with Gasteiger partial charge in [-0.1, -0.05) is 12.5 Å². The van der Waals surface area contributed by atoms with E-state index in [1.165, 1.54) is 0 Å². The van der Waals surface area contributed by atoms with Gasteiger partial charge in [0.05, 0.1) is 7.11 Å². The Morgan fingerprint density at radius 1 is 0.947 bits per heavy atom. The molecule has 1 aliphatic carbocycles. The minimum atomic E-state index is 0.157. The molecule has 2 rings (SSSR count). The van der Waals surface area contributed by atoms with E-state index in [1.807, 2.05) is 20.8 Å². The molecule has 1 aromatic carbocycles. The molecule has 0 fully saturated rings. The maximum atomic E-state index is 12.6. The lowest BCUT2D eigenvalue weighted by atomic mass is 9.75. The Bertz CT molecular complexity index is 606. The number of rotatable bonds is 1. The summed E-state index contributed by atoms with van der Waals surface area (Å²) >= 11 is 0. The third-order valence-electron chi connectivity index (χ3n) is 4.80. The molecule has 1 aromatic rings. The number of hydrogen-bond acceptors (Lipinski definition) is 2. The van der Waals surface area contributed by atoms with Gasteiger partial charge in [0.15, 0.2) is 5.78 Å². The van der Waals surface area contributed by atoms with Crippen LogP contribution < -0.4 is 4.74 Å². The number of carbonyl (C=O) groups is 1. The predicted molar refractivity (Wildman–Crippen MR) is 78.3 cm³/mol. The van der Waals surface area contributed by atoms with Crippen molar-refractivity contribution in [3.8, 4) is 5.75 Å². The molecule has 0 aromatic heterocycles. The van der Waals surface area contributed by atoms with Gasteiger partial charge in [-0.05, 0) is 56.9 Å². The number of ketones is 1. The fourth-order valence-electron chi connectivity index (χ4n) is 3.03. The first-order chi connectivity index (χ1) is 8.82. The minimum Gasteiger partial charge on any atom is -0.496 e. The van der Waals surface area contributed by atoms with Crippen LogP contribution in [0.15, 0.2) is 11.1 Å². The molecule has 0 saturated heterocycles. The van der Waals surface area contributed by atoms with Crippen LogP contribution in [0.25, 0.3) is 0 Å². The molecule has 0 N–H and O–H groups in total. The van der Waals surface area contributed by atoms with Crippen LogP contribution in [0.2, 0.25) is 0 Å². The van der Waals surface area contributed by atoms with Crippen LogP contribution >= 0.6 is 0 Å². The maximum absolute atomic E-state index is 12.6. The van der Waals surface area contributed by atoms with Crippen LogP contribution in [0.4, 0.5) is 0 Å². The summed E-state index contributed by atoms with van der Waals surface area (Å²) in [4.78, 5) is 12.6. The van der Waals surface area contributed by atoms with E-state index in [2.05, 4.69) is 20.8 Å². The zero-order chi connectivity index (χ0) is 14.5. The third kappa shape index (κ3) is 1.73. The van der Waals surface area contributed by atoms with Crippen LogP contribution in [0, 0.1) is 20.8 Å². The highest BCUT2D eigenvalue weighted by Crippen LogP contribution is 2.44. The summed E-state index contributed by atoms with van der Waals surface area (Å²) in [5.74, 6) is 1.27. The fraction of sp³-hybridized carbons (Fsp3) is 0.471. The standard InChI is InChI=1S/C17H22O2/c1-8-11(4)15-14(16(18)12(8)5)10(3)9(2)13(6)17(15)19-7/h11H,1-7H3. The van der Waals surface area contributed by atoms with Crippen molar-refractivity contribution < 1.29 is 9.53 Å². The van der Waals surface area contributed by atoms with E-state index in [9.17, 15) is 4.79 Å². The van der Waals surface area contributed by atoms with Crippen LogP contribution in [0.1, 0.15) is 59.3 Å². The minimum absolute atomic E-state index is 0.157. The highest BCUT2D eigenvalue weighted by molar-refractivity contribution is 6.13. The molecule has 2 heteroatoms. The molecule has 0 aliphatic heterocycles. The monoisotopic (exact) mass is 258 g/mol. The molecule has 2 nitrogen and oxygen atoms in total. The summed E-state index contributed by atoms with van der Waals surface area (Å²) < 4.78 is 5.61. The average molecular weight is 258 g/mol. The number of fused-ring (bicyclic) bond motifs is 1. The van der Waals surface area contributed by atoms with Crippen molar-refractivity contribution in [2.75, 3.05) is 7.11 Å². The van der Waals surface area contributed by atoms with Gasteiger partial charge < -0.3 is 4.74 Å². The van der Waals surface area contributed by atoms with Gasteiger partial charge in [-0.3, -0.25) is 4.79 Å². The Balaban J connectivity index is 2.92. The van der Waals surface area contributed by atoms with E-state index in [4.69, 9.17) is 4.74 Å². The number of hydrogen-bond donors (Lipinski definition) is 0. The van der Waals surface area contributed by atoms with Crippen molar-refractivity contribution in [2.24, 2.45) is 0 Å². The molecule has 0 bridgehead atoms. The third-order valence-corrected chi connectivity index (χ3v) is 4.80. The quantitative estimate of drug-likeness (QED) is 0.752. The Hall–Kier alpha value is -1.57. The highest BCUT2D eigenvalue weighted by atomic mass is 16.5. The first-order valence-corrected chi connectivity index (χ1v) is 6.72. The van der Waals surface area contributed by atoms with Crippen molar-refractivity contribution in [3.05, 3.63) is 39.0 Å². The molecule has 0 saturated carbocycles. The van der Waals surface area contributed by atoms with E-state index in [0.717, 1.165) is 44.7 Å². The number of benzene rings is 1. The number of allylic oxidation sites excluding steroid dienone is 2. The number of ether oxygens (including phenoxy) is 1. The molecule has 0 radical (unpaired) electrons. The van der Waals surface area contributed by atoms with E-state index < -0.39 is 0 Å². The summed E-state index contributed by atoms with van der Waals surface area (Å²) in [6.45, 7) is 12.3. The summed E-state index contributed by atoms with van der Waals surface area (Å²) in [5.41, 5.74) is 7.35. The first-order valence-electron chi connectivity index (χ1n) is 6.72. The second-order valence-electron chi connectivity index (χ2n) is 5.56. The van der Waals surface area contributed by atoms with E-state index in [0.29, 0.717) is 0 Å². The second kappa shape index (κ2) is 4.52. The summed E-state index contributed by atoms with van der Waals surface area (Å²) in [7, 11) is 1.69. The van der Waals surface area contributed by atoms with Gasteiger partial charge >= 0.3 is 0 Å². The lowest BCUT2D eigenvalue weighted by Gasteiger charge is -2.30. The molecule has 19 heavy (non-hydrogen) atoms. The zero-order valence-corrected chi connectivity index (χ0v) is 12.9. The topological polar surface area (TPSA) is 26.3 Å². The Morgan fingerprint density at radius 2 is 1.53 bits per heavy atom. The molecule has 0 amide bonds. The molecule has 1 unspecified atom stereocenters. The van der Waals surface area contributed by atoms with Crippen molar-refractivity contribution in [1.82, 2.24) is 0 Å². The van der Waals surface area contributed by atoms with Gasteiger partial charge in [-0.25, -0.2) is 0 Å². The van der Waals surface area contributed by atoms with E-state index >= 15 is 0 Å². The van der Waals surface area contributed by atoms with Crippen LogP contribution in [-0.2, 0) is 0 Å². The smallest absolute Gasteiger partial charge is 0.189 e. The zero-order valence-electron chi connectivity index (χ0n) is 12.9. The summed E-state index contributed by atoms with van der Waals surface area (Å²) in [5, 5.41) is 0. The molecule has 102 valence electrons. The highest BCUT2D eigenvalue weighted by Gasteiger charge is 2.32. The van der Waals surface area contributed by atoms with Crippen LogP contribution in [-0.4, -0.2) is 12.9 Å². The van der Waals surface area contributed by atoms with Gasteiger partial charge in [0, 0.05) is 17.0 Å². The van der Waals surface area contributed by atoms with Crippen molar-refractivity contribution in [2.45, 2.75) is 47.5 Å². The molecule has 1 atom stereocenters. The fourth-order valence-corrected chi connectivity index (χ4v) is 3.03. The Kier molecular flexibility index (Phi) is 3.29. The Morgan fingerprint density at radius 3 is 2.05 bits per heavy atom. The molecule has 1 aliphatic rings. The van der Waals surface area contributed by atoms with Gasteiger partial charge in [0.25, 0.3) is 0 Å². The SMILES string of the molecule is COc1c(C)c(C)c(C)c2c1C(C)C(C)=C(C)C2=O. The number of Topliss-reactive ketones (excluding diaryl/α,β-unsaturated/α-hetero) is 1. The first kappa shape index (κ1) is 13.9. The normalized spacial score (nSPS) is 18.7. The number of methoxy groups -OCH3 is 1. The van der Waals surface area contributed by atoms with Crippen molar-refractivity contribution in [3.63, 3.8) is 0 Å². The largest absolute Gasteiger partial charge is 0.496 e. The molecular weight excluding hydrogens is 236 g/mol. The van der Waals surface area contributed by atoms with Crippen LogP contribution in [0.5, 0.6) is 5.75 Å². The van der Waals surface area contributed by atoms with Gasteiger partial charge in [0.1, 0.15) is 5.75 Å². The second-order valence-corrected chi connectivity index (χ2v) is 5.56. The maximum Gasteiger partial charge on any atom is 0.189 e. The Labute approximate surface area is 115 Å². The summed E-state index contributed by atoms with van der Waals surface area (Å²) in [6, 6.07) is 0. The molecular formula is C17H22O2. The number of carbonyl (C=O) groups excluding carboxylic acids is 1. The molecule has 0 heterocycles.